The molecule has 0 unspecified atom stereocenters. The number of hydrogen-bond donors (Lipinski definition) is 1. The van der Waals surface area contributed by atoms with E-state index in [1.807, 2.05) is 0 Å². The zero-order valence-corrected chi connectivity index (χ0v) is 9.53. The Labute approximate surface area is 83.3 Å². The smallest absolute Gasteiger partial charge is 0.000250 e. The maximum atomic E-state index is 3.46. The van der Waals surface area contributed by atoms with Crippen molar-refractivity contribution in [3.05, 3.63) is 0 Å². The summed E-state index contributed by atoms with van der Waals surface area (Å²) in [6.45, 7) is 9.27. The van der Waals surface area contributed by atoms with Crippen LogP contribution in [0, 0.1) is 11.3 Å². The molecule has 0 amide bonds. The summed E-state index contributed by atoms with van der Waals surface area (Å²) >= 11 is 0. The van der Waals surface area contributed by atoms with E-state index in [4.69, 9.17) is 0 Å². The lowest BCUT2D eigenvalue weighted by atomic mass is 9.82. The Balaban J connectivity index is 2.23. The second-order valence-electron chi connectivity index (χ2n) is 5.30. The van der Waals surface area contributed by atoms with E-state index < -0.39 is 0 Å². The standard InChI is InChI=1S/C12H25N/c1-4-13-10-12(2,3)9-11-7-5-6-8-11/h11,13H,4-10H2,1-3H3. The van der Waals surface area contributed by atoms with Crippen LogP contribution in [0.15, 0.2) is 0 Å². The molecule has 1 saturated carbocycles. The van der Waals surface area contributed by atoms with Crippen LogP contribution >= 0.6 is 0 Å². The topological polar surface area (TPSA) is 12.0 Å². The first-order valence-electron chi connectivity index (χ1n) is 5.85. The molecule has 0 aromatic carbocycles. The molecule has 0 heterocycles. The summed E-state index contributed by atoms with van der Waals surface area (Å²) in [6, 6.07) is 0. The highest BCUT2D eigenvalue weighted by molar-refractivity contribution is 4.78. The lowest BCUT2D eigenvalue weighted by Gasteiger charge is -2.28. The summed E-state index contributed by atoms with van der Waals surface area (Å²) in [6.07, 6.45) is 7.33. The summed E-state index contributed by atoms with van der Waals surface area (Å²) in [5.74, 6) is 1.02. The lowest BCUT2D eigenvalue weighted by molar-refractivity contribution is 0.258. The number of nitrogens with one attached hydrogen (secondary N) is 1. The zero-order chi connectivity index (χ0) is 9.73. The van der Waals surface area contributed by atoms with Gasteiger partial charge in [-0.15, -0.1) is 0 Å². The maximum Gasteiger partial charge on any atom is 0.000250 e. The number of rotatable bonds is 5. The first-order chi connectivity index (χ1) is 6.14. The zero-order valence-electron chi connectivity index (χ0n) is 9.53. The van der Waals surface area contributed by atoms with Gasteiger partial charge in [0.2, 0.25) is 0 Å². The van der Waals surface area contributed by atoms with E-state index >= 15 is 0 Å². The van der Waals surface area contributed by atoms with Crippen LogP contribution in [0.1, 0.15) is 52.9 Å². The van der Waals surface area contributed by atoms with E-state index in [1.54, 1.807) is 0 Å². The first-order valence-corrected chi connectivity index (χ1v) is 5.85. The highest BCUT2D eigenvalue weighted by Gasteiger charge is 2.24. The normalized spacial score (nSPS) is 19.6. The lowest BCUT2D eigenvalue weighted by Crippen LogP contribution is -2.30. The molecule has 1 aliphatic carbocycles. The Morgan fingerprint density at radius 3 is 2.38 bits per heavy atom. The van der Waals surface area contributed by atoms with Crippen molar-refractivity contribution in [1.82, 2.24) is 5.32 Å². The van der Waals surface area contributed by atoms with Crippen LogP contribution in [0.2, 0.25) is 0 Å². The van der Waals surface area contributed by atoms with Gasteiger partial charge in [0.05, 0.1) is 0 Å². The third kappa shape index (κ3) is 4.12. The van der Waals surface area contributed by atoms with Gasteiger partial charge in [-0.1, -0.05) is 46.5 Å². The van der Waals surface area contributed by atoms with Crippen LogP contribution in [0.25, 0.3) is 0 Å². The van der Waals surface area contributed by atoms with Gasteiger partial charge in [-0.05, 0) is 24.3 Å². The summed E-state index contributed by atoms with van der Waals surface area (Å²) < 4.78 is 0. The molecule has 1 aliphatic rings. The molecule has 13 heavy (non-hydrogen) atoms. The van der Waals surface area contributed by atoms with Gasteiger partial charge in [0, 0.05) is 6.54 Å². The van der Waals surface area contributed by atoms with Gasteiger partial charge in [-0.25, -0.2) is 0 Å². The van der Waals surface area contributed by atoms with E-state index in [2.05, 4.69) is 26.1 Å². The third-order valence-corrected chi connectivity index (χ3v) is 3.17. The highest BCUT2D eigenvalue weighted by Crippen LogP contribution is 2.35. The highest BCUT2D eigenvalue weighted by atomic mass is 14.9. The van der Waals surface area contributed by atoms with Crippen molar-refractivity contribution < 1.29 is 0 Å². The Kier molecular flexibility index (Phi) is 4.24. The van der Waals surface area contributed by atoms with Crippen LogP contribution in [0.3, 0.4) is 0 Å². The van der Waals surface area contributed by atoms with Gasteiger partial charge >= 0.3 is 0 Å². The van der Waals surface area contributed by atoms with E-state index in [0.717, 1.165) is 12.5 Å². The van der Waals surface area contributed by atoms with Crippen LogP contribution in [-0.2, 0) is 0 Å². The van der Waals surface area contributed by atoms with Crippen LogP contribution in [0.4, 0.5) is 0 Å². The van der Waals surface area contributed by atoms with Gasteiger partial charge in [-0.3, -0.25) is 0 Å². The summed E-state index contributed by atoms with van der Waals surface area (Å²) in [5, 5.41) is 3.46. The molecule has 0 saturated heterocycles. The molecule has 1 heteroatoms. The van der Waals surface area contributed by atoms with Crippen molar-refractivity contribution in [1.29, 1.82) is 0 Å². The van der Waals surface area contributed by atoms with E-state index in [-0.39, 0.29) is 0 Å². The van der Waals surface area contributed by atoms with Gasteiger partial charge in [0.25, 0.3) is 0 Å². The molecular weight excluding hydrogens is 158 g/mol. The summed E-state index contributed by atoms with van der Waals surface area (Å²) in [4.78, 5) is 0. The van der Waals surface area contributed by atoms with E-state index in [1.165, 1.54) is 38.6 Å². The van der Waals surface area contributed by atoms with Gasteiger partial charge in [-0.2, -0.15) is 0 Å². The minimum absolute atomic E-state index is 0.505. The Bertz CT molecular complexity index is 134. The van der Waals surface area contributed by atoms with Crippen molar-refractivity contribution in [3.8, 4) is 0 Å². The predicted molar refractivity (Wildman–Crippen MR) is 58.9 cm³/mol. The second-order valence-corrected chi connectivity index (χ2v) is 5.30. The minimum Gasteiger partial charge on any atom is -0.316 e. The first kappa shape index (κ1) is 11.0. The van der Waals surface area contributed by atoms with E-state index in [9.17, 15) is 0 Å². The summed E-state index contributed by atoms with van der Waals surface area (Å²) in [5.41, 5.74) is 0.505. The molecule has 0 aliphatic heterocycles. The average Bonchev–Trinajstić information content (AvgIpc) is 2.52. The maximum absolute atomic E-state index is 3.46. The fourth-order valence-corrected chi connectivity index (χ4v) is 2.53. The molecule has 0 aromatic rings. The molecule has 78 valence electrons. The fraction of sp³-hybridized carbons (Fsp3) is 1.00. The molecule has 0 spiro atoms. The molecular formula is C12H25N. The van der Waals surface area contributed by atoms with Gasteiger partial charge in [0.1, 0.15) is 0 Å². The Hall–Kier alpha value is -0.0400. The van der Waals surface area contributed by atoms with Crippen molar-refractivity contribution in [2.45, 2.75) is 52.9 Å². The second kappa shape index (κ2) is 4.99. The predicted octanol–water partition coefficient (Wildman–Crippen LogP) is 3.20. The Morgan fingerprint density at radius 1 is 1.23 bits per heavy atom. The van der Waals surface area contributed by atoms with Crippen molar-refractivity contribution in [2.24, 2.45) is 11.3 Å². The van der Waals surface area contributed by atoms with Crippen molar-refractivity contribution in [3.63, 3.8) is 0 Å². The largest absolute Gasteiger partial charge is 0.316 e. The van der Waals surface area contributed by atoms with Crippen LogP contribution < -0.4 is 5.32 Å². The molecule has 1 rings (SSSR count). The molecule has 1 nitrogen and oxygen atoms in total. The summed E-state index contributed by atoms with van der Waals surface area (Å²) in [7, 11) is 0. The molecule has 0 atom stereocenters. The van der Waals surface area contributed by atoms with Gasteiger partial charge < -0.3 is 5.32 Å². The van der Waals surface area contributed by atoms with E-state index in [0.29, 0.717) is 5.41 Å². The molecule has 0 radical (unpaired) electrons. The molecule has 0 bridgehead atoms. The molecule has 1 fully saturated rings. The quantitative estimate of drug-likeness (QED) is 0.690. The number of hydrogen-bond acceptors (Lipinski definition) is 1. The molecule has 1 N–H and O–H groups in total. The van der Waals surface area contributed by atoms with Crippen molar-refractivity contribution >= 4 is 0 Å². The minimum atomic E-state index is 0.505. The Morgan fingerprint density at radius 2 is 1.85 bits per heavy atom. The fourth-order valence-electron chi connectivity index (χ4n) is 2.53. The van der Waals surface area contributed by atoms with Crippen LogP contribution in [-0.4, -0.2) is 13.1 Å². The van der Waals surface area contributed by atoms with Gasteiger partial charge in [0.15, 0.2) is 0 Å². The SMILES string of the molecule is CCNCC(C)(C)CC1CCCC1. The molecule has 0 aromatic heterocycles. The third-order valence-electron chi connectivity index (χ3n) is 3.17. The monoisotopic (exact) mass is 183 g/mol. The van der Waals surface area contributed by atoms with Crippen molar-refractivity contribution in [2.75, 3.05) is 13.1 Å². The van der Waals surface area contributed by atoms with Crippen LogP contribution in [0.5, 0.6) is 0 Å². The average molecular weight is 183 g/mol.